The minimum Gasteiger partial charge on any atom is -0.321 e. The largest absolute Gasteiger partial charge is 0.321 e. The third-order valence-electron chi connectivity index (χ3n) is 3.28. The first kappa shape index (κ1) is 15.8. The summed E-state index contributed by atoms with van der Waals surface area (Å²) in [4.78, 5) is 16.4. The van der Waals surface area contributed by atoms with Gasteiger partial charge in [0.1, 0.15) is 10.3 Å². The fourth-order valence-electron chi connectivity index (χ4n) is 2.42. The van der Waals surface area contributed by atoms with E-state index in [1.54, 1.807) is 13.0 Å². The van der Waals surface area contributed by atoms with Gasteiger partial charge in [0.25, 0.3) is 5.91 Å². The van der Waals surface area contributed by atoms with Crippen molar-refractivity contribution < 1.29 is 4.79 Å². The molecule has 1 amide bonds. The maximum atomic E-state index is 12.5. The van der Waals surface area contributed by atoms with E-state index in [2.05, 4.69) is 10.3 Å². The molecule has 0 aliphatic carbocycles. The number of nitrogens with one attached hydrogen (secondary N) is 1. The molecule has 0 aliphatic heterocycles. The quantitative estimate of drug-likeness (QED) is 0.801. The number of pyridine rings is 1. The van der Waals surface area contributed by atoms with Crippen LogP contribution in [-0.4, -0.2) is 10.9 Å². The Bertz CT molecular complexity index is 680. The molecule has 0 unspecified atom stereocenters. The first-order valence-electron chi connectivity index (χ1n) is 6.51. The summed E-state index contributed by atoms with van der Waals surface area (Å²) in [5.74, 6) is -0.281. The Morgan fingerprint density at radius 2 is 1.57 bits per heavy atom. The van der Waals surface area contributed by atoms with Crippen molar-refractivity contribution >= 4 is 34.8 Å². The van der Waals surface area contributed by atoms with Crippen LogP contribution in [0.1, 0.15) is 32.6 Å². The first-order chi connectivity index (χ1) is 9.79. The van der Waals surface area contributed by atoms with Gasteiger partial charge >= 0.3 is 0 Å². The van der Waals surface area contributed by atoms with Gasteiger partial charge in [0, 0.05) is 5.69 Å². The highest BCUT2D eigenvalue weighted by molar-refractivity contribution is 6.35. The molecule has 0 saturated heterocycles. The summed E-state index contributed by atoms with van der Waals surface area (Å²) >= 11 is 11.9. The molecule has 2 rings (SSSR count). The lowest BCUT2D eigenvalue weighted by atomic mass is 10.0. The Hall–Kier alpha value is -1.58. The Kier molecular flexibility index (Phi) is 4.55. The molecule has 0 spiro atoms. The highest BCUT2D eigenvalue weighted by atomic mass is 35.5. The average molecular weight is 323 g/mol. The van der Waals surface area contributed by atoms with Crippen molar-refractivity contribution in [3.05, 3.63) is 56.3 Å². The summed E-state index contributed by atoms with van der Waals surface area (Å²) in [5, 5.41) is 3.30. The molecule has 1 heterocycles. The zero-order chi connectivity index (χ0) is 15.7. The van der Waals surface area contributed by atoms with Crippen molar-refractivity contribution in [3.63, 3.8) is 0 Å². The van der Waals surface area contributed by atoms with Crippen molar-refractivity contribution in [1.29, 1.82) is 0 Å². The number of anilines is 1. The second-order valence-electron chi connectivity index (χ2n) is 5.16. The molecule has 1 aromatic heterocycles. The Labute approximate surface area is 134 Å². The molecule has 5 heteroatoms. The topological polar surface area (TPSA) is 42.0 Å². The van der Waals surface area contributed by atoms with Gasteiger partial charge in [-0.05, 0) is 50.5 Å². The summed E-state index contributed by atoms with van der Waals surface area (Å²) in [6, 6.07) is 5.67. The number of carbonyl (C=O) groups excluding carboxylic acids is 1. The van der Waals surface area contributed by atoms with Gasteiger partial charge in [0.15, 0.2) is 0 Å². The van der Waals surface area contributed by atoms with E-state index in [-0.39, 0.29) is 16.2 Å². The molecule has 21 heavy (non-hydrogen) atoms. The lowest BCUT2D eigenvalue weighted by Crippen LogP contribution is -2.16. The number of hydrogen-bond acceptors (Lipinski definition) is 2. The van der Waals surface area contributed by atoms with Crippen LogP contribution in [0, 0.1) is 27.7 Å². The number of hydrogen-bond donors (Lipinski definition) is 1. The van der Waals surface area contributed by atoms with Gasteiger partial charge in [-0.15, -0.1) is 0 Å². The number of amides is 1. The van der Waals surface area contributed by atoms with E-state index in [0.717, 1.165) is 22.4 Å². The van der Waals surface area contributed by atoms with Crippen LogP contribution in [-0.2, 0) is 0 Å². The monoisotopic (exact) mass is 322 g/mol. The number of nitrogens with zero attached hydrogens (tertiary/aromatic N) is 1. The van der Waals surface area contributed by atoms with Crippen LogP contribution in [0.3, 0.4) is 0 Å². The summed E-state index contributed by atoms with van der Waals surface area (Å²) in [6.07, 6.45) is 0. The fraction of sp³-hybridized carbons (Fsp3) is 0.250. The summed E-state index contributed by atoms with van der Waals surface area (Å²) in [7, 11) is 0. The van der Waals surface area contributed by atoms with E-state index in [0.29, 0.717) is 11.1 Å². The number of halogens is 2. The summed E-state index contributed by atoms with van der Waals surface area (Å²) < 4.78 is 0. The van der Waals surface area contributed by atoms with Crippen LogP contribution in [0.25, 0.3) is 0 Å². The highest BCUT2D eigenvalue weighted by Gasteiger charge is 2.17. The molecule has 0 aliphatic rings. The number of carbonyl (C=O) groups is 1. The van der Waals surface area contributed by atoms with Crippen LogP contribution in [0.5, 0.6) is 0 Å². The van der Waals surface area contributed by atoms with E-state index in [9.17, 15) is 4.79 Å². The summed E-state index contributed by atoms with van der Waals surface area (Å²) in [5.41, 5.74) is 5.02. The SMILES string of the molecule is Cc1cc(C)c(NC(=O)c2c(C)cc(Cl)nc2Cl)c(C)c1. The van der Waals surface area contributed by atoms with Crippen molar-refractivity contribution in [3.8, 4) is 0 Å². The Morgan fingerprint density at radius 1 is 1.00 bits per heavy atom. The lowest BCUT2D eigenvalue weighted by Gasteiger charge is -2.14. The number of benzene rings is 1. The zero-order valence-electron chi connectivity index (χ0n) is 12.3. The predicted octanol–water partition coefficient (Wildman–Crippen LogP) is 4.87. The molecule has 0 fully saturated rings. The van der Waals surface area contributed by atoms with Gasteiger partial charge in [-0.25, -0.2) is 4.98 Å². The van der Waals surface area contributed by atoms with E-state index in [4.69, 9.17) is 23.2 Å². The smallest absolute Gasteiger partial charge is 0.259 e. The van der Waals surface area contributed by atoms with Gasteiger partial charge in [-0.1, -0.05) is 40.9 Å². The molecule has 0 atom stereocenters. The summed E-state index contributed by atoms with van der Waals surface area (Å²) in [6.45, 7) is 7.73. The normalized spacial score (nSPS) is 10.6. The van der Waals surface area contributed by atoms with Crippen molar-refractivity contribution in [1.82, 2.24) is 4.98 Å². The van der Waals surface area contributed by atoms with Crippen LogP contribution < -0.4 is 5.32 Å². The maximum absolute atomic E-state index is 12.5. The number of rotatable bonds is 2. The molecular formula is C16H16Cl2N2O. The van der Waals surface area contributed by atoms with Crippen LogP contribution in [0.2, 0.25) is 10.3 Å². The van der Waals surface area contributed by atoms with Gasteiger partial charge in [-0.2, -0.15) is 0 Å². The molecule has 1 aromatic carbocycles. The molecule has 110 valence electrons. The van der Waals surface area contributed by atoms with E-state index < -0.39 is 0 Å². The fourth-order valence-corrected chi connectivity index (χ4v) is 3.04. The van der Waals surface area contributed by atoms with Gasteiger partial charge in [0.05, 0.1) is 5.56 Å². The lowest BCUT2D eigenvalue weighted by molar-refractivity contribution is 0.102. The third-order valence-corrected chi connectivity index (χ3v) is 3.75. The number of aromatic nitrogens is 1. The molecule has 3 nitrogen and oxygen atoms in total. The average Bonchev–Trinajstić information content (AvgIpc) is 2.32. The molecule has 2 aromatic rings. The van der Waals surface area contributed by atoms with Crippen LogP contribution >= 0.6 is 23.2 Å². The van der Waals surface area contributed by atoms with Crippen molar-refractivity contribution in [2.45, 2.75) is 27.7 Å². The molecule has 0 bridgehead atoms. The van der Waals surface area contributed by atoms with E-state index in [1.165, 1.54) is 0 Å². The van der Waals surface area contributed by atoms with Gasteiger partial charge in [-0.3, -0.25) is 4.79 Å². The minimum atomic E-state index is -0.281. The van der Waals surface area contributed by atoms with Crippen molar-refractivity contribution in [2.75, 3.05) is 5.32 Å². The number of aryl methyl sites for hydroxylation is 4. The van der Waals surface area contributed by atoms with E-state index >= 15 is 0 Å². The predicted molar refractivity (Wildman–Crippen MR) is 87.6 cm³/mol. The standard InChI is InChI=1S/C16H16Cl2N2O/c1-8-5-10(3)14(11(4)6-8)20-16(21)13-9(2)7-12(17)19-15(13)18/h5-7H,1-4H3,(H,20,21). The van der Waals surface area contributed by atoms with E-state index in [1.807, 2.05) is 32.9 Å². The maximum Gasteiger partial charge on any atom is 0.259 e. The molecule has 0 radical (unpaired) electrons. The zero-order valence-corrected chi connectivity index (χ0v) is 13.9. The molecular weight excluding hydrogens is 307 g/mol. The Morgan fingerprint density at radius 3 is 2.10 bits per heavy atom. The molecule has 1 N–H and O–H groups in total. The second-order valence-corrected chi connectivity index (χ2v) is 5.90. The molecule has 0 saturated carbocycles. The van der Waals surface area contributed by atoms with Gasteiger partial charge in [0.2, 0.25) is 0 Å². The van der Waals surface area contributed by atoms with Crippen molar-refractivity contribution in [2.24, 2.45) is 0 Å². The Balaban J connectivity index is 2.40. The third kappa shape index (κ3) is 3.36. The van der Waals surface area contributed by atoms with Crippen LogP contribution in [0.15, 0.2) is 18.2 Å². The first-order valence-corrected chi connectivity index (χ1v) is 7.27. The second kappa shape index (κ2) is 6.04. The van der Waals surface area contributed by atoms with Gasteiger partial charge < -0.3 is 5.32 Å². The highest BCUT2D eigenvalue weighted by Crippen LogP contribution is 2.26. The van der Waals surface area contributed by atoms with Crippen LogP contribution in [0.4, 0.5) is 5.69 Å². The minimum absolute atomic E-state index is 0.111.